The van der Waals surface area contributed by atoms with Crippen molar-refractivity contribution in [3.8, 4) is 5.75 Å². The van der Waals surface area contributed by atoms with Crippen LogP contribution in [0, 0.1) is 5.92 Å². The summed E-state index contributed by atoms with van der Waals surface area (Å²) in [6, 6.07) is 18.0. The quantitative estimate of drug-likeness (QED) is 0.622. The van der Waals surface area contributed by atoms with E-state index in [1.807, 2.05) is 55.5 Å². The molecule has 2 aromatic rings. The Hall–Kier alpha value is -1.85. The summed E-state index contributed by atoms with van der Waals surface area (Å²) >= 11 is 0. The van der Waals surface area contributed by atoms with Gasteiger partial charge in [0.2, 0.25) is 0 Å². The zero-order valence-electron chi connectivity index (χ0n) is 15.0. The molecule has 2 aromatic carbocycles. The minimum Gasteiger partial charge on any atom is -0.489 e. The fourth-order valence-electron chi connectivity index (χ4n) is 2.89. The molecule has 0 saturated carbocycles. The third kappa shape index (κ3) is 6.52. The van der Waals surface area contributed by atoms with Gasteiger partial charge >= 0.3 is 0 Å². The molecule has 25 heavy (non-hydrogen) atoms. The molecule has 136 valence electrons. The van der Waals surface area contributed by atoms with Gasteiger partial charge in [0.1, 0.15) is 12.4 Å². The van der Waals surface area contributed by atoms with Gasteiger partial charge in [-0.1, -0.05) is 56.3 Å². The van der Waals surface area contributed by atoms with Gasteiger partial charge in [0.25, 0.3) is 10.1 Å². The highest BCUT2D eigenvalue weighted by molar-refractivity contribution is 7.85. The van der Waals surface area contributed by atoms with Crippen molar-refractivity contribution in [2.24, 2.45) is 5.92 Å². The van der Waals surface area contributed by atoms with E-state index in [2.05, 4.69) is 13.0 Å². The lowest BCUT2D eigenvalue weighted by atomic mass is 9.85. The molecular weight excluding hydrogens is 336 g/mol. The van der Waals surface area contributed by atoms with Crippen molar-refractivity contribution in [2.45, 2.75) is 32.8 Å². The van der Waals surface area contributed by atoms with E-state index >= 15 is 0 Å². The van der Waals surface area contributed by atoms with E-state index in [1.165, 1.54) is 0 Å². The third-order valence-corrected chi connectivity index (χ3v) is 4.77. The van der Waals surface area contributed by atoms with Crippen LogP contribution in [0.15, 0.2) is 54.6 Å². The van der Waals surface area contributed by atoms with Crippen LogP contribution in [0.4, 0.5) is 0 Å². The topological polar surface area (TPSA) is 52.6 Å². The first-order valence-electron chi connectivity index (χ1n) is 8.50. The minimum absolute atomic E-state index is 0.0871. The third-order valence-electron chi connectivity index (χ3n) is 4.21. The summed E-state index contributed by atoms with van der Waals surface area (Å²) in [4.78, 5) is 0. The van der Waals surface area contributed by atoms with E-state index in [1.54, 1.807) is 0 Å². The van der Waals surface area contributed by atoms with E-state index in [4.69, 9.17) is 8.92 Å². The summed E-state index contributed by atoms with van der Waals surface area (Å²) in [7, 11) is -3.42. The predicted octanol–water partition coefficient (Wildman–Crippen LogP) is 4.37. The predicted molar refractivity (Wildman–Crippen MR) is 100 cm³/mol. The highest BCUT2D eigenvalue weighted by Gasteiger charge is 2.20. The Morgan fingerprint density at radius 3 is 2.40 bits per heavy atom. The maximum atomic E-state index is 11.2. The second kappa shape index (κ2) is 9.02. The summed E-state index contributed by atoms with van der Waals surface area (Å²) in [5, 5.41) is 0. The number of rotatable bonds is 9. The van der Waals surface area contributed by atoms with Crippen molar-refractivity contribution >= 4 is 10.1 Å². The van der Waals surface area contributed by atoms with Crippen LogP contribution in [0.1, 0.15) is 37.3 Å². The monoisotopic (exact) mass is 362 g/mol. The van der Waals surface area contributed by atoms with E-state index in [0.29, 0.717) is 6.61 Å². The number of hydrogen-bond donors (Lipinski definition) is 0. The second-order valence-electron chi connectivity index (χ2n) is 6.33. The molecular formula is C20H26O4S. The Kier molecular flexibility index (Phi) is 7.02. The SMILES string of the molecule is CCC(c1cccc(OCc2ccccc2)c1)C(C)COS(C)(=O)=O. The number of hydrogen-bond acceptors (Lipinski definition) is 4. The highest BCUT2D eigenvalue weighted by atomic mass is 32.2. The minimum atomic E-state index is -3.42. The lowest BCUT2D eigenvalue weighted by Crippen LogP contribution is -2.17. The first kappa shape index (κ1) is 19.5. The molecule has 0 saturated heterocycles. The molecule has 0 amide bonds. The lowest BCUT2D eigenvalue weighted by molar-refractivity contribution is 0.241. The van der Waals surface area contributed by atoms with Crippen LogP contribution in [0.25, 0.3) is 0 Å². The van der Waals surface area contributed by atoms with Crippen molar-refractivity contribution in [1.82, 2.24) is 0 Å². The maximum Gasteiger partial charge on any atom is 0.264 e. The van der Waals surface area contributed by atoms with Crippen LogP contribution < -0.4 is 4.74 Å². The molecule has 0 N–H and O–H groups in total. The van der Waals surface area contributed by atoms with Crippen molar-refractivity contribution in [3.05, 3.63) is 65.7 Å². The van der Waals surface area contributed by atoms with Crippen molar-refractivity contribution < 1.29 is 17.3 Å². The van der Waals surface area contributed by atoms with Gasteiger partial charge in [-0.25, -0.2) is 0 Å². The summed E-state index contributed by atoms with van der Waals surface area (Å²) in [6.45, 7) is 4.82. The lowest BCUT2D eigenvalue weighted by Gasteiger charge is -2.23. The molecule has 0 aliphatic carbocycles. The molecule has 0 aliphatic heterocycles. The second-order valence-corrected chi connectivity index (χ2v) is 7.97. The van der Waals surface area contributed by atoms with Gasteiger partial charge in [-0.15, -0.1) is 0 Å². The molecule has 0 radical (unpaired) electrons. The van der Waals surface area contributed by atoms with Gasteiger partial charge in [0.05, 0.1) is 12.9 Å². The summed E-state index contributed by atoms with van der Waals surface area (Å²) in [6.07, 6.45) is 1.98. The molecule has 0 aromatic heterocycles. The molecule has 0 bridgehead atoms. The average molecular weight is 362 g/mol. The van der Waals surface area contributed by atoms with Crippen LogP contribution in [-0.4, -0.2) is 21.3 Å². The first-order chi connectivity index (χ1) is 11.9. The Morgan fingerprint density at radius 2 is 1.76 bits per heavy atom. The van der Waals surface area contributed by atoms with Gasteiger partial charge in [0.15, 0.2) is 0 Å². The van der Waals surface area contributed by atoms with Crippen LogP contribution in [-0.2, 0) is 20.9 Å². The smallest absolute Gasteiger partial charge is 0.264 e. The van der Waals surface area contributed by atoms with Crippen LogP contribution in [0.2, 0.25) is 0 Å². The van der Waals surface area contributed by atoms with Gasteiger partial charge in [-0.2, -0.15) is 8.42 Å². The zero-order valence-corrected chi connectivity index (χ0v) is 15.8. The van der Waals surface area contributed by atoms with Gasteiger partial charge in [-0.05, 0) is 41.5 Å². The van der Waals surface area contributed by atoms with Crippen molar-refractivity contribution in [3.63, 3.8) is 0 Å². The van der Waals surface area contributed by atoms with E-state index in [0.717, 1.165) is 29.6 Å². The Labute approximate surface area is 150 Å². The Bertz CT molecular complexity index is 756. The van der Waals surface area contributed by atoms with Crippen molar-refractivity contribution in [1.29, 1.82) is 0 Å². The van der Waals surface area contributed by atoms with Crippen molar-refractivity contribution in [2.75, 3.05) is 12.9 Å². The average Bonchev–Trinajstić information content (AvgIpc) is 2.59. The standard InChI is InChI=1S/C20H26O4S/c1-4-20(16(2)14-24-25(3,21)22)18-11-8-12-19(13-18)23-15-17-9-6-5-7-10-17/h5-13,16,20H,4,14-15H2,1-3H3. The molecule has 2 rings (SSSR count). The Morgan fingerprint density at radius 1 is 1.04 bits per heavy atom. The van der Waals surface area contributed by atoms with Crippen LogP contribution in [0.5, 0.6) is 5.75 Å². The van der Waals surface area contributed by atoms with Crippen LogP contribution >= 0.6 is 0 Å². The molecule has 5 heteroatoms. The fourth-order valence-corrected chi connectivity index (χ4v) is 3.35. The molecule has 0 aliphatic rings. The number of benzene rings is 2. The van der Waals surface area contributed by atoms with Gasteiger partial charge in [0, 0.05) is 0 Å². The van der Waals surface area contributed by atoms with Crippen LogP contribution in [0.3, 0.4) is 0 Å². The zero-order chi connectivity index (χ0) is 18.3. The highest BCUT2D eigenvalue weighted by Crippen LogP contribution is 2.30. The molecule has 0 fully saturated rings. The fraction of sp³-hybridized carbons (Fsp3) is 0.400. The van der Waals surface area contributed by atoms with Gasteiger partial charge in [-0.3, -0.25) is 4.18 Å². The van der Waals surface area contributed by atoms with E-state index < -0.39 is 10.1 Å². The normalized spacial score (nSPS) is 14.0. The largest absolute Gasteiger partial charge is 0.489 e. The van der Waals surface area contributed by atoms with E-state index in [9.17, 15) is 8.42 Å². The summed E-state index contributed by atoms with van der Waals surface area (Å²) in [5.41, 5.74) is 2.26. The molecule has 2 atom stereocenters. The molecule has 0 heterocycles. The first-order valence-corrected chi connectivity index (χ1v) is 10.3. The summed E-state index contributed by atoms with van der Waals surface area (Å²) in [5.74, 6) is 1.11. The number of ether oxygens (including phenoxy) is 1. The molecule has 4 nitrogen and oxygen atoms in total. The van der Waals surface area contributed by atoms with E-state index in [-0.39, 0.29) is 18.4 Å². The van der Waals surface area contributed by atoms with Gasteiger partial charge < -0.3 is 4.74 Å². The Balaban J connectivity index is 2.04. The summed E-state index contributed by atoms with van der Waals surface area (Å²) < 4.78 is 33.3. The molecule has 0 spiro atoms. The molecule has 2 unspecified atom stereocenters. The maximum absolute atomic E-state index is 11.2.